The molecule has 1 nitrogen and oxygen atoms in total. The highest BCUT2D eigenvalue weighted by molar-refractivity contribution is 5.33. The molecule has 1 N–H and O–H groups in total. The van der Waals surface area contributed by atoms with Gasteiger partial charge in [0.2, 0.25) is 0 Å². The van der Waals surface area contributed by atoms with Crippen molar-refractivity contribution in [3.63, 3.8) is 0 Å². The van der Waals surface area contributed by atoms with E-state index in [1.807, 2.05) is 6.92 Å². The maximum Gasteiger partial charge on any atom is 0.416 e. The van der Waals surface area contributed by atoms with Gasteiger partial charge >= 0.3 is 6.18 Å². The van der Waals surface area contributed by atoms with Gasteiger partial charge in [-0.25, -0.2) is 0 Å². The Morgan fingerprint density at radius 2 is 2.12 bits per heavy atom. The van der Waals surface area contributed by atoms with E-state index in [2.05, 4.69) is 5.32 Å². The first-order valence-electron chi connectivity index (χ1n) is 5.43. The molecule has 0 aliphatic heterocycles. The van der Waals surface area contributed by atoms with Gasteiger partial charge in [-0.15, -0.1) is 0 Å². The molecule has 2 rings (SSSR count). The summed E-state index contributed by atoms with van der Waals surface area (Å²) in [7, 11) is 0. The van der Waals surface area contributed by atoms with Crippen LogP contribution >= 0.6 is 0 Å². The topological polar surface area (TPSA) is 12.0 Å². The van der Waals surface area contributed by atoms with Crippen LogP contribution in [-0.4, -0.2) is 12.6 Å². The molecule has 1 aliphatic rings. The quantitative estimate of drug-likeness (QED) is 0.839. The van der Waals surface area contributed by atoms with Crippen LogP contribution < -0.4 is 5.32 Å². The average molecular weight is 229 g/mol. The minimum atomic E-state index is -4.24. The summed E-state index contributed by atoms with van der Waals surface area (Å²) in [6.45, 7) is 2.86. The molecular formula is C12H14F3N. The summed E-state index contributed by atoms with van der Waals surface area (Å²) < 4.78 is 37.4. The molecule has 0 radical (unpaired) electrons. The Hall–Kier alpha value is -1.03. The van der Waals surface area contributed by atoms with E-state index in [1.165, 1.54) is 12.1 Å². The Kier molecular flexibility index (Phi) is 2.93. The third-order valence-corrected chi connectivity index (χ3v) is 2.90. The van der Waals surface area contributed by atoms with Crippen LogP contribution in [0.1, 0.15) is 30.4 Å². The minimum absolute atomic E-state index is 0.252. The first-order valence-corrected chi connectivity index (χ1v) is 5.43. The van der Waals surface area contributed by atoms with E-state index in [4.69, 9.17) is 0 Å². The molecule has 0 bridgehead atoms. The van der Waals surface area contributed by atoms with E-state index in [-0.39, 0.29) is 5.92 Å². The van der Waals surface area contributed by atoms with Crippen LogP contribution in [-0.2, 0) is 6.18 Å². The molecule has 16 heavy (non-hydrogen) atoms. The van der Waals surface area contributed by atoms with Crippen LogP contribution in [0.2, 0.25) is 0 Å². The highest BCUT2D eigenvalue weighted by Gasteiger charge is 2.39. The van der Waals surface area contributed by atoms with E-state index in [9.17, 15) is 13.2 Å². The summed E-state index contributed by atoms with van der Waals surface area (Å²) >= 11 is 0. The number of rotatable bonds is 3. The van der Waals surface area contributed by atoms with E-state index in [0.29, 0.717) is 6.04 Å². The highest BCUT2D eigenvalue weighted by Crippen LogP contribution is 2.42. The number of nitrogens with one attached hydrogen (secondary N) is 1. The molecule has 0 spiro atoms. The zero-order valence-electron chi connectivity index (χ0n) is 9.01. The predicted molar refractivity (Wildman–Crippen MR) is 56.3 cm³/mol. The molecule has 1 aromatic rings. The second kappa shape index (κ2) is 4.09. The standard InChI is InChI=1S/C12H14F3N/c1-2-16-11-7-10(11)8-4-3-5-9(6-8)12(13,14)15/h3-6,10-11,16H,2,7H2,1H3. The number of hydrogen-bond donors (Lipinski definition) is 1. The summed E-state index contributed by atoms with van der Waals surface area (Å²) in [5, 5.41) is 3.24. The van der Waals surface area contributed by atoms with Gasteiger partial charge in [0, 0.05) is 12.0 Å². The van der Waals surface area contributed by atoms with Crippen LogP contribution in [0.25, 0.3) is 0 Å². The second-order valence-corrected chi connectivity index (χ2v) is 4.13. The fourth-order valence-corrected chi connectivity index (χ4v) is 2.00. The number of alkyl halides is 3. The van der Waals surface area contributed by atoms with Crippen molar-refractivity contribution in [1.29, 1.82) is 0 Å². The van der Waals surface area contributed by atoms with Gasteiger partial charge in [0.25, 0.3) is 0 Å². The second-order valence-electron chi connectivity index (χ2n) is 4.13. The monoisotopic (exact) mass is 229 g/mol. The van der Waals surface area contributed by atoms with Crippen molar-refractivity contribution in [2.45, 2.75) is 31.5 Å². The Morgan fingerprint density at radius 1 is 1.38 bits per heavy atom. The minimum Gasteiger partial charge on any atom is -0.314 e. The molecule has 1 saturated carbocycles. The first kappa shape index (κ1) is 11.5. The Labute approximate surface area is 92.7 Å². The van der Waals surface area contributed by atoms with E-state index < -0.39 is 11.7 Å². The predicted octanol–water partition coefficient (Wildman–Crippen LogP) is 3.17. The van der Waals surface area contributed by atoms with Crippen molar-refractivity contribution in [3.8, 4) is 0 Å². The van der Waals surface area contributed by atoms with Gasteiger partial charge in [-0.05, 0) is 24.6 Å². The van der Waals surface area contributed by atoms with E-state index >= 15 is 0 Å². The van der Waals surface area contributed by atoms with Crippen molar-refractivity contribution in [1.82, 2.24) is 5.32 Å². The lowest BCUT2D eigenvalue weighted by atomic mass is 10.1. The summed E-state index contributed by atoms with van der Waals surface area (Å²) in [5.41, 5.74) is 0.243. The molecule has 88 valence electrons. The molecule has 1 fully saturated rings. The van der Waals surface area contributed by atoms with Crippen LogP contribution in [0.3, 0.4) is 0 Å². The number of hydrogen-bond acceptors (Lipinski definition) is 1. The molecule has 4 heteroatoms. The fourth-order valence-electron chi connectivity index (χ4n) is 2.00. The van der Waals surface area contributed by atoms with E-state index in [0.717, 1.165) is 24.6 Å². The molecule has 0 saturated heterocycles. The zero-order valence-corrected chi connectivity index (χ0v) is 9.01. The van der Waals surface area contributed by atoms with Crippen LogP contribution in [0.15, 0.2) is 24.3 Å². The van der Waals surface area contributed by atoms with Crippen LogP contribution in [0.5, 0.6) is 0 Å². The van der Waals surface area contributed by atoms with Crippen molar-refractivity contribution >= 4 is 0 Å². The molecular weight excluding hydrogens is 215 g/mol. The van der Waals surface area contributed by atoms with Gasteiger partial charge in [0.1, 0.15) is 0 Å². The molecule has 0 aromatic heterocycles. The third kappa shape index (κ3) is 2.38. The lowest BCUT2D eigenvalue weighted by Crippen LogP contribution is -2.16. The van der Waals surface area contributed by atoms with Gasteiger partial charge in [-0.1, -0.05) is 25.1 Å². The number of likely N-dealkylation sites (N-methyl/N-ethyl adjacent to an activating group) is 1. The smallest absolute Gasteiger partial charge is 0.314 e. The lowest BCUT2D eigenvalue weighted by Gasteiger charge is -2.08. The van der Waals surface area contributed by atoms with Gasteiger partial charge in [-0.3, -0.25) is 0 Å². The third-order valence-electron chi connectivity index (χ3n) is 2.90. The van der Waals surface area contributed by atoms with Gasteiger partial charge < -0.3 is 5.32 Å². The van der Waals surface area contributed by atoms with Crippen LogP contribution in [0, 0.1) is 0 Å². The first-order chi connectivity index (χ1) is 7.52. The highest BCUT2D eigenvalue weighted by atomic mass is 19.4. The zero-order chi connectivity index (χ0) is 11.8. The van der Waals surface area contributed by atoms with Gasteiger partial charge in [0.15, 0.2) is 0 Å². The molecule has 2 unspecified atom stereocenters. The molecule has 0 heterocycles. The average Bonchev–Trinajstić information content (AvgIpc) is 2.97. The van der Waals surface area contributed by atoms with Gasteiger partial charge in [-0.2, -0.15) is 13.2 Å². The fraction of sp³-hybridized carbons (Fsp3) is 0.500. The van der Waals surface area contributed by atoms with Crippen molar-refractivity contribution < 1.29 is 13.2 Å². The summed E-state index contributed by atoms with van der Waals surface area (Å²) in [5.74, 6) is 0.252. The summed E-state index contributed by atoms with van der Waals surface area (Å²) in [4.78, 5) is 0. The Morgan fingerprint density at radius 3 is 2.75 bits per heavy atom. The van der Waals surface area contributed by atoms with Crippen molar-refractivity contribution in [2.75, 3.05) is 6.54 Å². The van der Waals surface area contributed by atoms with Gasteiger partial charge in [0.05, 0.1) is 5.56 Å². The molecule has 1 aliphatic carbocycles. The van der Waals surface area contributed by atoms with Crippen LogP contribution in [0.4, 0.5) is 13.2 Å². The summed E-state index contributed by atoms with van der Waals surface area (Å²) in [6.07, 6.45) is -3.30. The van der Waals surface area contributed by atoms with Crippen molar-refractivity contribution in [2.24, 2.45) is 0 Å². The summed E-state index contributed by atoms with van der Waals surface area (Å²) in [6, 6.07) is 6.00. The maximum absolute atomic E-state index is 12.5. The normalized spacial score (nSPS) is 24.5. The molecule has 1 aromatic carbocycles. The largest absolute Gasteiger partial charge is 0.416 e. The SMILES string of the molecule is CCNC1CC1c1cccc(C(F)(F)F)c1. The lowest BCUT2D eigenvalue weighted by molar-refractivity contribution is -0.137. The Balaban J connectivity index is 2.12. The molecule has 0 amide bonds. The van der Waals surface area contributed by atoms with E-state index in [1.54, 1.807) is 6.07 Å². The van der Waals surface area contributed by atoms with Crippen molar-refractivity contribution in [3.05, 3.63) is 35.4 Å². The number of benzene rings is 1. The molecule has 2 atom stereocenters. The maximum atomic E-state index is 12.5. The Bertz CT molecular complexity index is 373. The number of halogens is 3.